The fraction of sp³-hybridized carbons (Fsp3) is 0.647. The maximum Gasteiger partial charge on any atom is 0.168 e. The summed E-state index contributed by atoms with van der Waals surface area (Å²) < 4.78 is 17.0. The van der Waals surface area contributed by atoms with E-state index in [0.717, 1.165) is 6.54 Å². The van der Waals surface area contributed by atoms with Crippen molar-refractivity contribution in [2.75, 3.05) is 40.1 Å². The van der Waals surface area contributed by atoms with Crippen molar-refractivity contribution >= 4 is 5.97 Å². The lowest BCUT2D eigenvalue weighted by Gasteiger charge is -2.05. The predicted octanol–water partition coefficient (Wildman–Crippen LogP) is 0.580. The Morgan fingerprint density at radius 3 is 2.17 bits per heavy atom. The van der Waals surface area contributed by atoms with E-state index in [1.165, 1.54) is 12.8 Å². The second-order valence-corrected chi connectivity index (χ2v) is 4.81. The molecule has 0 aliphatic heterocycles. The molecule has 0 atom stereocenters. The van der Waals surface area contributed by atoms with Crippen molar-refractivity contribution in [2.24, 2.45) is 0 Å². The van der Waals surface area contributed by atoms with Crippen LogP contribution in [0, 0.1) is 0 Å². The van der Waals surface area contributed by atoms with Crippen LogP contribution < -0.4 is 9.67 Å². The zero-order valence-electron chi connectivity index (χ0n) is 14.2. The highest BCUT2D eigenvalue weighted by molar-refractivity contribution is 5.64. The molecule has 0 fully saturated rings. The van der Waals surface area contributed by atoms with Gasteiger partial charge in [0.15, 0.2) is 12.4 Å². The summed E-state index contributed by atoms with van der Waals surface area (Å²) in [5.41, 5.74) is 0. The molecule has 6 nitrogen and oxygen atoms in total. The van der Waals surface area contributed by atoms with E-state index in [9.17, 15) is 9.90 Å². The molecule has 0 N–H and O–H groups in total. The maximum absolute atomic E-state index is 9.93. The Hall–Kier alpha value is -1.50. The number of methoxy groups -OCH3 is 1. The number of carboxylic acids is 1. The molecule has 0 radical (unpaired) electrons. The molecule has 1 rings (SSSR count). The van der Waals surface area contributed by atoms with Gasteiger partial charge in [0.25, 0.3) is 0 Å². The molecule has 0 saturated carbocycles. The number of rotatable bonds is 12. The van der Waals surface area contributed by atoms with E-state index >= 15 is 0 Å². The highest BCUT2D eigenvalue weighted by Gasteiger charge is 1.93. The van der Waals surface area contributed by atoms with Crippen LogP contribution in [0.3, 0.4) is 0 Å². The number of hydrogen-bond acceptors (Lipinski definition) is 5. The number of unbranched alkanes of at least 4 members (excludes halogenated alkanes) is 1. The third-order valence-corrected chi connectivity index (χ3v) is 2.80. The van der Waals surface area contributed by atoms with Crippen molar-refractivity contribution in [3.8, 4) is 0 Å². The Bertz CT molecular complexity index is 373. The summed E-state index contributed by atoms with van der Waals surface area (Å²) in [6.45, 7) is 5.48. The van der Waals surface area contributed by atoms with Gasteiger partial charge in [0.05, 0.1) is 33.0 Å². The molecular weight excluding hydrogens is 298 g/mol. The molecule has 0 spiro atoms. The highest BCUT2D eigenvalue weighted by atomic mass is 16.5. The zero-order valence-corrected chi connectivity index (χ0v) is 14.2. The van der Waals surface area contributed by atoms with Crippen LogP contribution >= 0.6 is 0 Å². The largest absolute Gasteiger partial charge is 0.550 e. The van der Waals surface area contributed by atoms with Crippen molar-refractivity contribution in [3.05, 3.63) is 30.6 Å². The third-order valence-electron chi connectivity index (χ3n) is 2.80. The zero-order chi connectivity index (χ0) is 17.2. The van der Waals surface area contributed by atoms with Gasteiger partial charge >= 0.3 is 0 Å². The minimum atomic E-state index is -1.10. The summed E-state index contributed by atoms with van der Waals surface area (Å²) >= 11 is 0. The van der Waals surface area contributed by atoms with Crippen LogP contribution in [-0.4, -0.2) is 46.1 Å². The average Bonchev–Trinajstić information content (AvgIpc) is 2.57. The van der Waals surface area contributed by atoms with Gasteiger partial charge in [-0.3, -0.25) is 0 Å². The smallest absolute Gasteiger partial charge is 0.168 e. The molecule has 23 heavy (non-hydrogen) atoms. The molecule has 132 valence electrons. The number of ether oxygens (including phenoxy) is 3. The predicted molar refractivity (Wildman–Crippen MR) is 84.7 cm³/mol. The van der Waals surface area contributed by atoms with Gasteiger partial charge in [-0.2, -0.15) is 0 Å². The van der Waals surface area contributed by atoms with Crippen LogP contribution in [0.4, 0.5) is 0 Å². The number of aromatic nitrogens is 1. The topological polar surface area (TPSA) is 71.7 Å². The Balaban J connectivity index is 0.000000433. The summed E-state index contributed by atoms with van der Waals surface area (Å²) in [7, 11) is 1.60. The van der Waals surface area contributed by atoms with Crippen LogP contribution in [-0.2, 0) is 25.5 Å². The van der Waals surface area contributed by atoms with Crippen molar-refractivity contribution in [1.29, 1.82) is 0 Å². The van der Waals surface area contributed by atoms with Gasteiger partial charge in [-0.05, 0) is 0 Å². The summed E-state index contributed by atoms with van der Waals surface area (Å²) in [6, 6.07) is 6.17. The second kappa shape index (κ2) is 16.9. The molecule has 0 saturated heterocycles. The standard InChI is InChI=1S/C9H14N.C8H16O5/c1-2-3-7-10-8-5-4-6-9-10;1-11-4-5-13-7-6-12-3-2-8(9)10/h4-6,8-9H,2-3,7H2,1H3;2-7H2,1H3,(H,9,10)/q+1;/p-1. The molecule has 0 aliphatic rings. The van der Waals surface area contributed by atoms with E-state index in [1.54, 1.807) is 7.11 Å². The Morgan fingerprint density at radius 2 is 1.61 bits per heavy atom. The van der Waals surface area contributed by atoms with Crippen molar-refractivity contribution in [3.63, 3.8) is 0 Å². The van der Waals surface area contributed by atoms with E-state index in [4.69, 9.17) is 14.2 Å². The number of carboxylic acid groups (broad SMARTS) is 1. The first-order valence-electron chi connectivity index (χ1n) is 7.99. The first kappa shape index (κ1) is 21.5. The van der Waals surface area contributed by atoms with Gasteiger partial charge in [-0.1, -0.05) is 19.4 Å². The van der Waals surface area contributed by atoms with Crippen LogP contribution in [0.5, 0.6) is 0 Å². The molecule has 0 aliphatic carbocycles. The second-order valence-electron chi connectivity index (χ2n) is 4.81. The van der Waals surface area contributed by atoms with Crippen molar-refractivity contribution in [2.45, 2.75) is 32.7 Å². The molecule has 0 amide bonds. The molecule has 6 heteroatoms. The van der Waals surface area contributed by atoms with Gasteiger partial charge in [-0.15, -0.1) is 0 Å². The maximum atomic E-state index is 9.93. The SMILES string of the molecule is CCCC[n+]1ccccc1.COCCOCCOCCC(=O)[O-]. The van der Waals surface area contributed by atoms with Crippen molar-refractivity contribution in [1.82, 2.24) is 0 Å². The van der Waals surface area contributed by atoms with E-state index in [2.05, 4.69) is 36.0 Å². The van der Waals surface area contributed by atoms with Crippen molar-refractivity contribution < 1.29 is 28.7 Å². The minimum Gasteiger partial charge on any atom is -0.550 e. The number of nitrogens with zero attached hydrogens (tertiary/aromatic N) is 1. The summed E-state index contributed by atoms with van der Waals surface area (Å²) in [6.07, 6.45) is 6.68. The number of hydrogen-bond donors (Lipinski definition) is 0. The number of pyridine rings is 1. The highest BCUT2D eigenvalue weighted by Crippen LogP contribution is 1.85. The number of aliphatic carboxylic acids is 1. The Kier molecular flexibility index (Phi) is 15.8. The van der Waals surface area contributed by atoms with Gasteiger partial charge in [0.2, 0.25) is 0 Å². The quantitative estimate of drug-likeness (QED) is 0.415. The van der Waals surface area contributed by atoms with Gasteiger partial charge in [0.1, 0.15) is 6.54 Å². The number of carbonyl (C=O) groups excluding carboxylic acids is 1. The van der Waals surface area contributed by atoms with E-state index in [1.807, 2.05) is 6.07 Å². The summed E-state index contributed by atoms with van der Waals surface area (Å²) in [4.78, 5) is 9.93. The van der Waals surface area contributed by atoms with E-state index in [0.29, 0.717) is 26.4 Å². The summed E-state index contributed by atoms with van der Waals surface area (Å²) in [5.74, 6) is -1.10. The normalized spacial score (nSPS) is 10.0. The monoisotopic (exact) mass is 327 g/mol. The van der Waals surface area contributed by atoms with E-state index < -0.39 is 5.97 Å². The van der Waals surface area contributed by atoms with Gasteiger partial charge < -0.3 is 24.1 Å². The van der Waals surface area contributed by atoms with E-state index in [-0.39, 0.29) is 13.0 Å². The Labute approximate surface area is 139 Å². The Morgan fingerprint density at radius 1 is 1.00 bits per heavy atom. The number of carbonyl (C=O) groups is 1. The van der Waals surface area contributed by atoms with Crippen LogP contribution in [0.2, 0.25) is 0 Å². The molecular formula is C17H29NO5. The van der Waals surface area contributed by atoms with Crippen LogP contribution in [0.25, 0.3) is 0 Å². The molecule has 1 aromatic rings. The molecule has 1 aromatic heterocycles. The lowest BCUT2D eigenvalue weighted by Crippen LogP contribution is -2.31. The van der Waals surface area contributed by atoms with Gasteiger partial charge in [0, 0.05) is 38.1 Å². The summed E-state index contributed by atoms with van der Waals surface area (Å²) in [5, 5.41) is 9.93. The fourth-order valence-corrected chi connectivity index (χ4v) is 1.54. The lowest BCUT2D eigenvalue weighted by atomic mass is 10.3. The number of aryl methyl sites for hydroxylation is 1. The first-order chi connectivity index (χ1) is 11.2. The fourth-order valence-electron chi connectivity index (χ4n) is 1.54. The lowest BCUT2D eigenvalue weighted by molar-refractivity contribution is -0.697. The van der Waals surface area contributed by atoms with Crippen LogP contribution in [0.1, 0.15) is 26.2 Å². The molecule has 0 unspecified atom stereocenters. The molecule has 1 heterocycles. The van der Waals surface area contributed by atoms with Crippen LogP contribution in [0.15, 0.2) is 30.6 Å². The molecule has 0 aromatic carbocycles. The van der Waals surface area contributed by atoms with Gasteiger partial charge in [-0.25, -0.2) is 4.57 Å². The molecule has 0 bridgehead atoms. The third kappa shape index (κ3) is 16.7. The first-order valence-corrected chi connectivity index (χ1v) is 7.99. The minimum absolute atomic E-state index is 0.0714. The average molecular weight is 327 g/mol.